The number of hydrogen-bond donors (Lipinski definition) is 4. The Balaban J connectivity index is 0.672. The maximum atomic E-state index is 14.4. The molecule has 4 aliphatic heterocycles. The third-order valence-corrected chi connectivity index (χ3v) is 16.4. The number of aromatic hydroxyl groups is 1. The van der Waals surface area contributed by atoms with Crippen molar-refractivity contribution in [2.24, 2.45) is 5.92 Å². The van der Waals surface area contributed by atoms with Crippen LogP contribution in [0.1, 0.15) is 62.1 Å². The van der Waals surface area contributed by atoms with Crippen LogP contribution < -0.4 is 30.3 Å². The second-order valence-corrected chi connectivity index (χ2v) is 22.1. The number of anilines is 3. The lowest BCUT2D eigenvalue weighted by molar-refractivity contribution is -0.142. The highest BCUT2D eigenvalue weighted by molar-refractivity contribution is 7.13. The van der Waals surface area contributed by atoms with Gasteiger partial charge in [0, 0.05) is 121 Å². The number of likely N-dealkylation sites (N-methyl/N-ethyl adjacent to an activating group) is 1. The van der Waals surface area contributed by atoms with E-state index in [0.29, 0.717) is 54.0 Å². The van der Waals surface area contributed by atoms with E-state index in [1.807, 2.05) is 75.5 Å². The summed E-state index contributed by atoms with van der Waals surface area (Å²) in [6.07, 6.45) is 3.01. The lowest BCUT2D eigenvalue weighted by Gasteiger charge is -2.43. The summed E-state index contributed by atoms with van der Waals surface area (Å²) in [4.78, 5) is 64.3. The fourth-order valence-corrected chi connectivity index (χ4v) is 12.1. The Morgan fingerprint density at radius 2 is 1.58 bits per heavy atom. The number of aryl methyl sites for hydroxylation is 1. The van der Waals surface area contributed by atoms with Crippen LogP contribution in [0.25, 0.3) is 21.7 Å². The van der Waals surface area contributed by atoms with Crippen LogP contribution in [-0.2, 0) is 14.4 Å². The standard InChI is InChI=1S/C56H69N13O8S/c1-34(2)50(55(73)68-32-41(70)27-45(68)54(72)60-51(56(74)64(4)5)36-10-12-37(13-11-36)52-35(3)59-33-78-52)47-29-49(63-77-47)76-25-23-66-20-18-65(19-21-66)22-24-75-48-26-38(16-17-58-48)69-39-14-15-40(69)31-67(30-39)44-28-43(61-62-53(44)57)42-8-6-7-9-46(42)71/h6-13,16-17,26,28-29,33-34,39-41,45,50-51,70-71H,14-15,18-25,27,30-32H2,1-5H3,(H2,57,62)(H,60,72)/t39?,40?,41-,45+,50+,51-/m1/s1. The smallest absolute Gasteiger partial charge is 0.254 e. The van der Waals surface area contributed by atoms with Crippen molar-refractivity contribution in [1.82, 2.24) is 50.2 Å². The maximum Gasteiger partial charge on any atom is 0.254 e. The summed E-state index contributed by atoms with van der Waals surface area (Å²) in [5, 5.41) is 36.9. The SMILES string of the molecule is Cc1ncsc1-c1ccc([C@@H](NC(=O)[C@@H]2C[C@@H](O)CN2C(=O)[C@H](c2cc(OCCN3CCN(CCOc4cc(N5C6CCC5CN(c5cc(-c7ccccc7O)nnc5N)C6)ccn4)CC3)no2)C(C)C)C(=O)N(C)C)cc1. The van der Waals surface area contributed by atoms with Crippen LogP contribution in [0.15, 0.2) is 89.0 Å². The van der Waals surface area contributed by atoms with E-state index in [0.717, 1.165) is 86.2 Å². The molecule has 4 saturated heterocycles. The van der Waals surface area contributed by atoms with Gasteiger partial charge in [0.15, 0.2) is 11.6 Å². The normalized spacial score (nSPS) is 20.5. The van der Waals surface area contributed by atoms with Gasteiger partial charge in [-0.15, -0.1) is 21.5 Å². The molecule has 4 aliphatic rings. The van der Waals surface area contributed by atoms with Crippen molar-refractivity contribution < 1.29 is 38.6 Å². The monoisotopic (exact) mass is 1080 g/mol. The van der Waals surface area contributed by atoms with Crippen molar-refractivity contribution in [1.29, 1.82) is 0 Å². The molecule has 22 heteroatoms. The molecule has 78 heavy (non-hydrogen) atoms. The molecule has 5 N–H and O–H groups in total. The van der Waals surface area contributed by atoms with Gasteiger partial charge >= 0.3 is 0 Å². The number of thiazole rings is 1. The molecule has 2 aromatic carbocycles. The number of nitrogens with two attached hydrogens (primary N) is 1. The molecule has 2 unspecified atom stereocenters. The lowest BCUT2D eigenvalue weighted by Crippen LogP contribution is -2.54. The van der Waals surface area contributed by atoms with E-state index in [4.69, 9.17) is 19.7 Å². The summed E-state index contributed by atoms with van der Waals surface area (Å²) in [5.41, 5.74) is 13.7. The van der Waals surface area contributed by atoms with Crippen molar-refractivity contribution in [2.45, 2.75) is 76.2 Å². The number of para-hydroxylation sites is 1. The average Bonchev–Trinajstić information content (AvgIpc) is 4.28. The van der Waals surface area contributed by atoms with Crippen molar-refractivity contribution in [3.05, 3.63) is 102 Å². The Morgan fingerprint density at radius 1 is 0.885 bits per heavy atom. The molecule has 4 fully saturated rings. The molecule has 0 spiro atoms. The van der Waals surface area contributed by atoms with E-state index >= 15 is 0 Å². The quantitative estimate of drug-likeness (QED) is 0.0849. The van der Waals surface area contributed by atoms with Gasteiger partial charge in [0.2, 0.25) is 23.6 Å². The van der Waals surface area contributed by atoms with Crippen LogP contribution in [0.3, 0.4) is 0 Å². The number of nitrogens with zero attached hydrogens (tertiary/aromatic N) is 11. The zero-order chi connectivity index (χ0) is 54.6. The van der Waals surface area contributed by atoms with Crippen molar-refractivity contribution in [3.63, 3.8) is 0 Å². The fraction of sp³-hybridized carbons (Fsp3) is 0.464. The molecule has 0 saturated carbocycles. The highest BCUT2D eigenvalue weighted by Crippen LogP contribution is 2.40. The lowest BCUT2D eigenvalue weighted by atomic mass is 9.91. The van der Waals surface area contributed by atoms with Gasteiger partial charge in [0.05, 0.1) is 33.6 Å². The molecule has 6 aromatic rings. The molecule has 0 aliphatic carbocycles. The minimum absolute atomic E-state index is 0.0187. The zero-order valence-electron chi connectivity index (χ0n) is 44.8. The van der Waals surface area contributed by atoms with Gasteiger partial charge in [-0.05, 0) is 66.2 Å². The molecule has 8 heterocycles. The number of phenols is 1. The first-order chi connectivity index (χ1) is 37.7. The predicted molar refractivity (Wildman–Crippen MR) is 295 cm³/mol. The number of ether oxygens (including phenoxy) is 2. The highest BCUT2D eigenvalue weighted by Gasteiger charge is 2.45. The van der Waals surface area contributed by atoms with Crippen LogP contribution >= 0.6 is 11.3 Å². The number of aromatic nitrogens is 5. The number of amides is 3. The molecule has 21 nitrogen and oxygen atoms in total. The molecule has 3 amide bonds. The van der Waals surface area contributed by atoms with E-state index in [-0.39, 0.29) is 54.4 Å². The summed E-state index contributed by atoms with van der Waals surface area (Å²) in [6, 6.07) is 20.7. The molecular weight excluding hydrogens is 1010 g/mol. The Morgan fingerprint density at radius 3 is 2.23 bits per heavy atom. The van der Waals surface area contributed by atoms with E-state index < -0.39 is 30.0 Å². The van der Waals surface area contributed by atoms with Gasteiger partial charge in [-0.3, -0.25) is 24.2 Å². The maximum absolute atomic E-state index is 14.4. The third kappa shape index (κ3) is 11.9. The molecular formula is C56H69N13O8S. The molecule has 10 rings (SSSR count). The first kappa shape index (κ1) is 54.0. The Labute approximate surface area is 457 Å². The molecule has 0 radical (unpaired) electrons. The highest BCUT2D eigenvalue weighted by atomic mass is 32.1. The Kier molecular flexibility index (Phi) is 16.4. The van der Waals surface area contributed by atoms with Crippen molar-refractivity contribution >= 4 is 46.3 Å². The minimum atomic E-state index is -1.02. The number of fused-ring (bicyclic) bond motifs is 2. The van der Waals surface area contributed by atoms with Crippen LogP contribution in [0.2, 0.25) is 0 Å². The summed E-state index contributed by atoms with van der Waals surface area (Å²) in [5.74, 6) is -0.624. The topological polar surface area (TPSA) is 245 Å². The number of aliphatic hydroxyl groups excluding tert-OH is 1. The third-order valence-electron chi connectivity index (χ3n) is 15.4. The first-order valence-electron chi connectivity index (χ1n) is 26.8. The number of aliphatic hydroxyl groups is 1. The van der Waals surface area contributed by atoms with Crippen molar-refractivity contribution in [3.8, 4) is 39.2 Å². The van der Waals surface area contributed by atoms with Gasteiger partial charge in [-0.2, -0.15) is 0 Å². The number of piperazine rings is 2. The van der Waals surface area contributed by atoms with E-state index in [1.165, 1.54) is 21.1 Å². The number of benzene rings is 2. The second-order valence-electron chi connectivity index (χ2n) is 21.2. The van der Waals surface area contributed by atoms with E-state index in [2.05, 4.69) is 56.3 Å². The number of nitrogens with one attached hydrogen (secondary N) is 1. The van der Waals surface area contributed by atoms with Crippen LogP contribution in [0.5, 0.6) is 17.5 Å². The van der Waals surface area contributed by atoms with Crippen LogP contribution in [0.4, 0.5) is 17.2 Å². The number of nitrogen functional groups attached to an aromatic ring is 1. The number of β-amino-alcohol motifs (C(OH)–C–C–N with tert-alkyl or cyclic N) is 1. The molecule has 4 aromatic heterocycles. The number of carbonyl (C=O) groups is 3. The Hall–Kier alpha value is -7.40. The number of phenolic OH excluding ortho intramolecular Hbond substituents is 1. The number of hydrogen-bond acceptors (Lipinski definition) is 19. The molecule has 2 bridgehead atoms. The number of likely N-dealkylation sites (tertiary alicyclic amines) is 1. The minimum Gasteiger partial charge on any atom is -0.507 e. The van der Waals surface area contributed by atoms with Crippen molar-refractivity contribution in [2.75, 3.05) is 102 Å². The predicted octanol–water partition coefficient (Wildman–Crippen LogP) is 4.83. The fourth-order valence-electron chi connectivity index (χ4n) is 11.3. The zero-order valence-corrected chi connectivity index (χ0v) is 45.6. The summed E-state index contributed by atoms with van der Waals surface area (Å²) in [6.45, 7) is 13.0. The average molecular weight is 1080 g/mol. The summed E-state index contributed by atoms with van der Waals surface area (Å²) < 4.78 is 18.0. The van der Waals surface area contributed by atoms with Gasteiger partial charge in [-0.25, -0.2) is 9.97 Å². The number of pyridine rings is 1. The summed E-state index contributed by atoms with van der Waals surface area (Å²) >= 11 is 1.53. The second kappa shape index (κ2) is 23.7. The Bertz CT molecular complexity index is 3040. The van der Waals surface area contributed by atoms with Gasteiger partial charge in [-0.1, -0.05) is 50.2 Å². The van der Waals surface area contributed by atoms with Gasteiger partial charge < -0.3 is 54.9 Å². The van der Waals surface area contributed by atoms with Crippen LogP contribution in [0, 0.1) is 12.8 Å². The van der Waals surface area contributed by atoms with Crippen LogP contribution in [-0.4, -0.2) is 183 Å². The van der Waals surface area contributed by atoms with E-state index in [1.54, 1.807) is 37.8 Å². The molecule has 6 atom stereocenters. The molecule has 412 valence electrons. The summed E-state index contributed by atoms with van der Waals surface area (Å²) in [7, 11) is 3.25. The van der Waals surface area contributed by atoms with E-state index in [9.17, 15) is 24.6 Å². The number of carbonyl (C=O) groups excluding carboxylic acids is 3. The van der Waals surface area contributed by atoms with Gasteiger partial charge in [0.25, 0.3) is 5.88 Å². The first-order valence-corrected chi connectivity index (χ1v) is 27.6. The largest absolute Gasteiger partial charge is 0.507 e. The number of rotatable bonds is 19. The van der Waals surface area contributed by atoms with Gasteiger partial charge in [0.1, 0.15) is 37.0 Å².